The first kappa shape index (κ1) is 24.1. The van der Waals surface area contributed by atoms with Gasteiger partial charge >= 0.3 is 4.87 Å². The molecule has 1 fully saturated rings. The van der Waals surface area contributed by atoms with Gasteiger partial charge in [-0.1, -0.05) is 65.6 Å². The molecular formula is C27H19N3O6S2. The first-order valence-electron chi connectivity index (χ1n) is 11.7. The lowest BCUT2D eigenvalue weighted by atomic mass is 9.83. The van der Waals surface area contributed by atoms with Crippen molar-refractivity contribution in [2.24, 2.45) is 5.92 Å². The second kappa shape index (κ2) is 9.58. The Morgan fingerprint density at radius 2 is 1.71 bits per heavy atom. The molecule has 1 saturated heterocycles. The van der Waals surface area contributed by atoms with Gasteiger partial charge in [0.05, 0.1) is 21.6 Å². The van der Waals surface area contributed by atoms with Crippen LogP contribution in [0.3, 0.4) is 0 Å². The van der Waals surface area contributed by atoms with Crippen LogP contribution in [0.25, 0.3) is 0 Å². The SMILES string of the molecule is O=C1[C@H]2[C@H](c3cccc(OCc4ccccc4)c3)c3sc(=O)[nH]c3S[C@H]2C(=O)N1c1ccc([N+](=O)[O-])cc1. The Kier molecular flexibility index (Phi) is 6.09. The van der Waals surface area contributed by atoms with E-state index in [0.717, 1.165) is 27.4 Å². The topological polar surface area (TPSA) is 123 Å². The number of anilines is 1. The molecule has 3 heterocycles. The van der Waals surface area contributed by atoms with E-state index in [1.807, 2.05) is 54.6 Å². The van der Waals surface area contributed by atoms with Gasteiger partial charge in [-0.05, 0) is 35.4 Å². The van der Waals surface area contributed by atoms with Gasteiger partial charge in [-0.15, -0.1) is 0 Å². The third kappa shape index (κ3) is 4.19. The van der Waals surface area contributed by atoms with E-state index in [0.29, 0.717) is 22.3 Å². The number of nitro benzene ring substituents is 1. The molecule has 1 aromatic heterocycles. The number of non-ortho nitro benzene ring substituents is 1. The lowest BCUT2D eigenvalue weighted by Gasteiger charge is -2.30. The number of rotatable bonds is 6. The zero-order valence-corrected chi connectivity index (χ0v) is 21.2. The van der Waals surface area contributed by atoms with Crippen LogP contribution in [0.2, 0.25) is 0 Å². The third-order valence-corrected chi connectivity index (χ3v) is 9.01. The molecule has 1 N–H and O–H groups in total. The van der Waals surface area contributed by atoms with Crippen molar-refractivity contribution in [1.82, 2.24) is 4.98 Å². The van der Waals surface area contributed by atoms with Gasteiger partial charge in [0.25, 0.3) is 5.69 Å². The number of aromatic nitrogens is 1. The molecule has 38 heavy (non-hydrogen) atoms. The summed E-state index contributed by atoms with van der Waals surface area (Å²) in [4.78, 5) is 54.5. The number of amides is 2. The molecule has 9 nitrogen and oxygen atoms in total. The van der Waals surface area contributed by atoms with E-state index >= 15 is 0 Å². The number of H-pyrrole nitrogens is 1. The molecule has 3 aromatic carbocycles. The second-order valence-electron chi connectivity index (χ2n) is 8.88. The van der Waals surface area contributed by atoms with Gasteiger partial charge in [0.2, 0.25) is 11.8 Å². The molecule has 11 heteroatoms. The van der Waals surface area contributed by atoms with E-state index < -0.39 is 33.8 Å². The van der Waals surface area contributed by atoms with Gasteiger partial charge in [0.1, 0.15) is 17.6 Å². The Bertz CT molecular complexity index is 1620. The van der Waals surface area contributed by atoms with Crippen LogP contribution in [0.5, 0.6) is 5.75 Å². The number of aromatic amines is 1. The maximum absolute atomic E-state index is 13.8. The summed E-state index contributed by atoms with van der Waals surface area (Å²) in [5, 5.41) is 10.9. The third-order valence-electron chi connectivity index (χ3n) is 6.61. The Hall–Kier alpha value is -4.22. The lowest BCUT2D eigenvalue weighted by molar-refractivity contribution is -0.384. The highest BCUT2D eigenvalue weighted by molar-refractivity contribution is 8.00. The van der Waals surface area contributed by atoms with Crippen LogP contribution >= 0.6 is 23.1 Å². The number of thioether (sulfide) groups is 1. The number of carbonyl (C=O) groups excluding carboxylic acids is 2. The van der Waals surface area contributed by atoms with E-state index in [2.05, 4.69) is 4.98 Å². The fourth-order valence-corrected chi connectivity index (χ4v) is 7.41. The first-order chi connectivity index (χ1) is 18.4. The smallest absolute Gasteiger partial charge is 0.305 e. The molecule has 0 aliphatic carbocycles. The highest BCUT2D eigenvalue weighted by Crippen LogP contribution is 2.53. The zero-order valence-electron chi connectivity index (χ0n) is 19.6. The summed E-state index contributed by atoms with van der Waals surface area (Å²) in [7, 11) is 0. The number of nitro groups is 1. The van der Waals surface area contributed by atoms with Crippen LogP contribution < -0.4 is 14.5 Å². The number of hydrogen-bond donors (Lipinski definition) is 1. The van der Waals surface area contributed by atoms with E-state index in [1.165, 1.54) is 36.0 Å². The van der Waals surface area contributed by atoms with E-state index in [-0.39, 0.29) is 16.2 Å². The number of nitrogens with one attached hydrogen (secondary N) is 1. The molecule has 2 aliphatic rings. The molecule has 0 radical (unpaired) electrons. The van der Waals surface area contributed by atoms with Crippen LogP contribution in [0.4, 0.5) is 11.4 Å². The largest absolute Gasteiger partial charge is 0.489 e. The molecule has 0 spiro atoms. The minimum atomic E-state index is -0.758. The number of carbonyl (C=O) groups is 2. The molecule has 0 unspecified atom stereocenters. The predicted octanol–water partition coefficient (Wildman–Crippen LogP) is 4.72. The summed E-state index contributed by atoms with van der Waals surface area (Å²) in [6.45, 7) is 0.366. The van der Waals surface area contributed by atoms with Gasteiger partial charge < -0.3 is 9.72 Å². The summed E-state index contributed by atoms with van der Waals surface area (Å²) in [6.07, 6.45) is 0. The second-order valence-corrected chi connectivity index (χ2v) is 11.0. The lowest BCUT2D eigenvalue weighted by Crippen LogP contribution is -2.32. The monoisotopic (exact) mass is 545 g/mol. The molecule has 4 aromatic rings. The normalized spacial score (nSPS) is 20.2. The Labute approximate surface area is 224 Å². The van der Waals surface area contributed by atoms with Crippen LogP contribution in [0, 0.1) is 16.0 Å². The molecule has 3 atom stereocenters. The van der Waals surface area contributed by atoms with Crippen molar-refractivity contribution < 1.29 is 19.2 Å². The minimum Gasteiger partial charge on any atom is -0.489 e. The fraction of sp³-hybridized carbons (Fsp3) is 0.148. The standard InChI is InChI=1S/C27H19N3O6S2/c31-25-21-20(16-7-4-8-19(13-16)36-14-15-5-2-1-3-6-15)22-24(28-27(33)38-22)37-23(21)26(32)29(25)17-9-11-18(12-10-17)30(34)35/h1-13,20-21,23H,14H2,(H,28,33)/t20-,21-,23+/m0/s1. The van der Waals surface area contributed by atoms with Crippen LogP contribution in [-0.4, -0.2) is 27.0 Å². The molecule has 6 rings (SSSR count). The van der Waals surface area contributed by atoms with E-state index in [1.54, 1.807) is 0 Å². The van der Waals surface area contributed by atoms with Gasteiger partial charge in [0, 0.05) is 22.9 Å². The quantitative estimate of drug-likeness (QED) is 0.211. The number of hydrogen-bond acceptors (Lipinski definition) is 8. The van der Waals surface area contributed by atoms with Crippen molar-refractivity contribution >= 4 is 46.3 Å². The average Bonchev–Trinajstić information content (AvgIpc) is 3.42. The number of fused-ring (bicyclic) bond motifs is 2. The minimum absolute atomic E-state index is 0.135. The fourth-order valence-electron chi connectivity index (χ4n) is 4.89. The van der Waals surface area contributed by atoms with E-state index in [4.69, 9.17) is 4.74 Å². The maximum atomic E-state index is 13.8. The van der Waals surface area contributed by atoms with E-state index in [9.17, 15) is 24.5 Å². The molecule has 2 aliphatic heterocycles. The number of nitrogens with zero attached hydrogens (tertiary/aromatic N) is 2. The van der Waals surface area contributed by atoms with Gasteiger partial charge in [-0.25, -0.2) is 4.90 Å². The van der Waals surface area contributed by atoms with Gasteiger partial charge in [0.15, 0.2) is 0 Å². The zero-order chi connectivity index (χ0) is 26.4. The van der Waals surface area contributed by atoms with Gasteiger partial charge in [-0.3, -0.25) is 24.5 Å². The van der Waals surface area contributed by atoms with Crippen LogP contribution in [0.15, 0.2) is 88.7 Å². The summed E-state index contributed by atoms with van der Waals surface area (Å²) >= 11 is 2.21. The first-order valence-corrected chi connectivity index (χ1v) is 13.4. The molecule has 2 amide bonds. The maximum Gasteiger partial charge on any atom is 0.305 e. The molecule has 190 valence electrons. The molecule has 0 saturated carbocycles. The number of imide groups is 1. The number of benzene rings is 3. The van der Waals surface area contributed by atoms with Crippen LogP contribution in [-0.2, 0) is 16.2 Å². The van der Waals surface area contributed by atoms with Crippen molar-refractivity contribution in [2.75, 3.05) is 4.90 Å². The highest BCUT2D eigenvalue weighted by Gasteiger charge is 2.56. The average molecular weight is 546 g/mol. The van der Waals surface area contributed by atoms with Crippen molar-refractivity contribution in [3.8, 4) is 5.75 Å². The summed E-state index contributed by atoms with van der Waals surface area (Å²) in [6, 6.07) is 22.4. The molecule has 0 bridgehead atoms. The van der Waals surface area contributed by atoms with Crippen molar-refractivity contribution in [3.63, 3.8) is 0 Å². The Morgan fingerprint density at radius 1 is 0.947 bits per heavy atom. The van der Waals surface area contributed by atoms with Crippen LogP contribution in [0.1, 0.15) is 21.9 Å². The Balaban J connectivity index is 1.37. The van der Waals surface area contributed by atoms with Crippen molar-refractivity contribution in [1.29, 1.82) is 0 Å². The molecular weight excluding hydrogens is 526 g/mol. The number of thiazole rings is 1. The van der Waals surface area contributed by atoms with Crippen molar-refractivity contribution in [2.45, 2.75) is 22.8 Å². The summed E-state index contributed by atoms with van der Waals surface area (Å²) < 4.78 is 6.01. The summed E-state index contributed by atoms with van der Waals surface area (Å²) in [5.74, 6) is -1.52. The highest BCUT2D eigenvalue weighted by atomic mass is 32.2. The number of ether oxygens (including phenoxy) is 1. The predicted molar refractivity (Wildman–Crippen MR) is 143 cm³/mol. The summed E-state index contributed by atoms with van der Waals surface area (Å²) in [5.41, 5.74) is 1.91. The Morgan fingerprint density at radius 3 is 2.45 bits per heavy atom. The van der Waals surface area contributed by atoms with Gasteiger partial charge in [-0.2, -0.15) is 0 Å². The van der Waals surface area contributed by atoms with Crippen molar-refractivity contribution in [3.05, 3.63) is 115 Å².